The number of anilines is 2. The Kier molecular flexibility index (Phi) is 5.70. The molecule has 1 spiro atoms. The molecular weight excluding hydrogens is 412 g/mol. The van der Waals surface area contributed by atoms with Crippen molar-refractivity contribution in [1.29, 1.82) is 0 Å². The van der Waals surface area contributed by atoms with Gasteiger partial charge in [0.25, 0.3) is 0 Å². The van der Waals surface area contributed by atoms with Crippen LogP contribution in [0.5, 0.6) is 0 Å². The molecule has 2 aliphatic rings. The maximum atomic E-state index is 13.2. The summed E-state index contributed by atoms with van der Waals surface area (Å²) in [5, 5.41) is 0. The van der Waals surface area contributed by atoms with Gasteiger partial charge in [-0.05, 0) is 42.2 Å². The van der Waals surface area contributed by atoms with E-state index in [1.807, 2.05) is 54.4 Å². The molecule has 0 aliphatic carbocycles. The van der Waals surface area contributed by atoms with E-state index >= 15 is 0 Å². The number of aromatic nitrogens is 3. The minimum Gasteiger partial charge on any atom is -0.356 e. The van der Waals surface area contributed by atoms with Gasteiger partial charge in [0.1, 0.15) is 5.82 Å². The van der Waals surface area contributed by atoms with Gasteiger partial charge in [-0.15, -0.1) is 0 Å². The lowest BCUT2D eigenvalue weighted by Gasteiger charge is -2.49. The van der Waals surface area contributed by atoms with Gasteiger partial charge in [-0.2, -0.15) is 4.98 Å². The summed E-state index contributed by atoms with van der Waals surface area (Å²) in [4.78, 5) is 33.0. The zero-order chi connectivity index (χ0) is 22.8. The summed E-state index contributed by atoms with van der Waals surface area (Å²) in [5.41, 5.74) is 3.47. The number of amides is 1. The van der Waals surface area contributed by atoms with Crippen LogP contribution in [0.2, 0.25) is 0 Å². The van der Waals surface area contributed by atoms with Gasteiger partial charge in [0.2, 0.25) is 11.9 Å². The number of rotatable bonds is 4. The number of hydrogen-bond acceptors (Lipinski definition) is 6. The molecule has 7 heteroatoms. The van der Waals surface area contributed by atoms with Crippen LogP contribution in [0, 0.1) is 0 Å². The first kappa shape index (κ1) is 21.4. The molecule has 2 aliphatic heterocycles. The fourth-order valence-electron chi connectivity index (χ4n) is 5.16. The van der Waals surface area contributed by atoms with E-state index in [-0.39, 0.29) is 11.3 Å². The van der Waals surface area contributed by atoms with Crippen LogP contribution in [0.25, 0.3) is 0 Å². The lowest BCUT2D eigenvalue weighted by molar-refractivity contribution is -0.132. The number of carbonyl (C=O) groups excluding carboxylic acids is 1. The summed E-state index contributed by atoms with van der Waals surface area (Å²) < 4.78 is 0. The highest BCUT2D eigenvalue weighted by Crippen LogP contribution is 2.42. The summed E-state index contributed by atoms with van der Waals surface area (Å²) >= 11 is 0. The van der Waals surface area contributed by atoms with Crippen molar-refractivity contribution in [3.8, 4) is 0 Å². The molecule has 1 amide bonds. The van der Waals surface area contributed by atoms with E-state index in [1.54, 1.807) is 6.20 Å². The Morgan fingerprint density at radius 2 is 1.79 bits per heavy atom. The third-order valence-electron chi connectivity index (χ3n) is 6.93. The monoisotopic (exact) mass is 442 g/mol. The third kappa shape index (κ3) is 4.27. The number of nitrogens with zero attached hydrogens (tertiary/aromatic N) is 6. The average molecular weight is 443 g/mol. The second-order valence-corrected chi connectivity index (χ2v) is 9.28. The molecule has 7 nitrogen and oxygen atoms in total. The summed E-state index contributed by atoms with van der Waals surface area (Å²) in [6, 6.07) is 16.4. The predicted octanol–water partition coefficient (Wildman–Crippen LogP) is 3.06. The van der Waals surface area contributed by atoms with Crippen LogP contribution in [0.15, 0.2) is 60.9 Å². The van der Waals surface area contributed by atoms with Gasteiger partial charge in [0, 0.05) is 63.8 Å². The molecule has 2 aromatic heterocycles. The van der Waals surface area contributed by atoms with Gasteiger partial charge in [-0.3, -0.25) is 9.78 Å². The minimum absolute atomic E-state index is 0.0253. The van der Waals surface area contributed by atoms with Gasteiger partial charge in [-0.1, -0.05) is 30.3 Å². The Hall–Kier alpha value is -3.48. The van der Waals surface area contributed by atoms with Crippen LogP contribution in [-0.2, 0) is 23.2 Å². The molecule has 1 aromatic carbocycles. The molecule has 0 bridgehead atoms. The topological polar surface area (TPSA) is 65.5 Å². The van der Waals surface area contributed by atoms with Gasteiger partial charge in [0.15, 0.2) is 0 Å². The second kappa shape index (κ2) is 8.81. The zero-order valence-electron chi connectivity index (χ0n) is 19.3. The highest BCUT2D eigenvalue weighted by Gasteiger charge is 2.43. The fourth-order valence-corrected chi connectivity index (χ4v) is 5.16. The first-order valence-corrected chi connectivity index (χ1v) is 11.6. The van der Waals surface area contributed by atoms with Crippen molar-refractivity contribution in [2.45, 2.75) is 31.2 Å². The number of benzene rings is 1. The number of fused-ring (bicyclic) bond motifs is 2. The van der Waals surface area contributed by atoms with Gasteiger partial charge < -0.3 is 14.7 Å². The van der Waals surface area contributed by atoms with Crippen molar-refractivity contribution in [3.05, 3.63) is 77.7 Å². The van der Waals surface area contributed by atoms with E-state index in [0.717, 1.165) is 49.9 Å². The van der Waals surface area contributed by atoms with Crippen LogP contribution in [0.4, 0.5) is 11.8 Å². The lowest BCUT2D eigenvalue weighted by Crippen LogP contribution is -2.53. The Bertz CT molecular complexity index is 1120. The van der Waals surface area contributed by atoms with Gasteiger partial charge in [0.05, 0.1) is 6.42 Å². The van der Waals surface area contributed by atoms with Crippen LogP contribution in [0.3, 0.4) is 0 Å². The standard InChI is InChI=1S/C26H30N6O/c1-30(2)25-28-14-10-23(29-25)31-15-11-26(12-16-31)19-32(18-20-7-3-4-9-22(20)26)24(33)17-21-8-5-6-13-27-21/h3-10,13-14H,11-12,15-19H2,1-2H3. The third-order valence-corrected chi connectivity index (χ3v) is 6.93. The molecule has 33 heavy (non-hydrogen) atoms. The van der Waals surface area contributed by atoms with E-state index in [4.69, 9.17) is 4.98 Å². The fraction of sp³-hybridized carbons (Fsp3) is 0.385. The molecular formula is C26H30N6O. The van der Waals surface area contributed by atoms with Crippen molar-refractivity contribution >= 4 is 17.7 Å². The average Bonchev–Trinajstić information content (AvgIpc) is 2.85. The molecule has 0 radical (unpaired) electrons. The molecule has 0 unspecified atom stereocenters. The van der Waals surface area contributed by atoms with Crippen LogP contribution in [0.1, 0.15) is 29.7 Å². The number of piperidine rings is 1. The van der Waals surface area contributed by atoms with Crippen molar-refractivity contribution in [1.82, 2.24) is 19.9 Å². The normalized spacial score (nSPS) is 17.0. The van der Waals surface area contributed by atoms with E-state index in [9.17, 15) is 4.79 Å². The Morgan fingerprint density at radius 3 is 2.55 bits per heavy atom. The number of hydrogen-bond donors (Lipinski definition) is 0. The Labute approximate surface area is 195 Å². The first-order valence-electron chi connectivity index (χ1n) is 11.6. The Morgan fingerprint density at radius 1 is 1.00 bits per heavy atom. The minimum atomic E-state index is -0.0253. The summed E-state index contributed by atoms with van der Waals surface area (Å²) in [6.07, 6.45) is 5.90. The molecule has 170 valence electrons. The quantitative estimate of drug-likeness (QED) is 0.619. The number of pyridine rings is 1. The molecule has 1 saturated heterocycles. The maximum Gasteiger partial charge on any atom is 0.228 e. The summed E-state index contributed by atoms with van der Waals surface area (Å²) in [5.74, 6) is 1.84. The molecule has 5 rings (SSSR count). The summed E-state index contributed by atoms with van der Waals surface area (Å²) in [6.45, 7) is 3.24. The van der Waals surface area contributed by atoms with Crippen LogP contribution < -0.4 is 9.80 Å². The van der Waals surface area contributed by atoms with Crippen molar-refractivity contribution < 1.29 is 4.79 Å². The van der Waals surface area contributed by atoms with Crippen molar-refractivity contribution in [3.63, 3.8) is 0 Å². The highest BCUT2D eigenvalue weighted by atomic mass is 16.2. The van der Waals surface area contributed by atoms with E-state index in [2.05, 4.69) is 39.1 Å². The van der Waals surface area contributed by atoms with E-state index in [0.29, 0.717) is 13.0 Å². The molecule has 0 saturated carbocycles. The SMILES string of the molecule is CN(C)c1nccc(N2CCC3(CC2)CN(C(=O)Cc2ccccn2)Cc2ccccc23)n1. The first-order chi connectivity index (χ1) is 16.0. The lowest BCUT2D eigenvalue weighted by atomic mass is 9.68. The molecule has 4 heterocycles. The van der Waals surface area contributed by atoms with Crippen LogP contribution in [-0.4, -0.2) is 59.5 Å². The van der Waals surface area contributed by atoms with Gasteiger partial charge in [-0.25, -0.2) is 4.98 Å². The van der Waals surface area contributed by atoms with Crippen molar-refractivity contribution in [2.24, 2.45) is 0 Å². The predicted molar refractivity (Wildman–Crippen MR) is 129 cm³/mol. The summed E-state index contributed by atoms with van der Waals surface area (Å²) in [7, 11) is 3.92. The van der Waals surface area contributed by atoms with Crippen molar-refractivity contribution in [2.75, 3.05) is 43.5 Å². The highest BCUT2D eigenvalue weighted by molar-refractivity contribution is 5.79. The molecule has 3 aromatic rings. The second-order valence-electron chi connectivity index (χ2n) is 9.28. The smallest absolute Gasteiger partial charge is 0.228 e. The van der Waals surface area contributed by atoms with E-state index in [1.165, 1.54) is 11.1 Å². The Balaban J connectivity index is 1.37. The van der Waals surface area contributed by atoms with Gasteiger partial charge >= 0.3 is 0 Å². The van der Waals surface area contributed by atoms with Crippen LogP contribution >= 0.6 is 0 Å². The van der Waals surface area contributed by atoms with E-state index < -0.39 is 0 Å². The maximum absolute atomic E-state index is 13.2. The zero-order valence-corrected chi connectivity index (χ0v) is 19.3. The number of carbonyl (C=O) groups is 1. The molecule has 0 atom stereocenters. The largest absolute Gasteiger partial charge is 0.356 e. The molecule has 1 fully saturated rings. The molecule has 0 N–H and O–H groups in total.